The van der Waals surface area contributed by atoms with Crippen molar-refractivity contribution in [1.82, 2.24) is 19.8 Å². The molecule has 5 aliphatic rings. The van der Waals surface area contributed by atoms with E-state index in [1.54, 1.807) is 6.07 Å². The van der Waals surface area contributed by atoms with E-state index in [4.69, 9.17) is 9.72 Å². The van der Waals surface area contributed by atoms with Crippen molar-refractivity contribution in [2.75, 3.05) is 44.2 Å². The lowest BCUT2D eigenvalue weighted by molar-refractivity contribution is -0.131. The van der Waals surface area contributed by atoms with Gasteiger partial charge in [-0.1, -0.05) is 30.8 Å². The second kappa shape index (κ2) is 11.0. The van der Waals surface area contributed by atoms with E-state index in [1.807, 2.05) is 23.1 Å². The minimum atomic E-state index is -1.08. The molecule has 238 valence electrons. The van der Waals surface area contributed by atoms with Crippen LogP contribution >= 0.6 is 0 Å². The fourth-order valence-electron chi connectivity index (χ4n) is 8.61. The fourth-order valence-corrected chi connectivity index (χ4v) is 8.61. The molecule has 3 saturated heterocycles. The largest absolute Gasteiger partial charge is 0.461 e. The van der Waals surface area contributed by atoms with E-state index < -0.39 is 35.3 Å². The maximum atomic E-state index is 16.8. The Kier molecular flexibility index (Phi) is 6.98. The van der Waals surface area contributed by atoms with Crippen LogP contribution in [-0.2, 0) is 11.2 Å². The van der Waals surface area contributed by atoms with E-state index in [0.29, 0.717) is 41.6 Å². The number of anilines is 1. The predicted molar refractivity (Wildman–Crippen MR) is 166 cm³/mol. The Morgan fingerprint density at radius 3 is 2.85 bits per heavy atom. The summed E-state index contributed by atoms with van der Waals surface area (Å²) in [6.07, 6.45) is 3.35. The monoisotopic (exact) mass is 628 g/mol. The molecule has 2 aliphatic carbocycles. The number of carbonyl (C=O) groups excluding carboxylic acids is 1. The van der Waals surface area contributed by atoms with Crippen LogP contribution in [0.2, 0.25) is 0 Å². The molecule has 11 heteroatoms. The predicted octanol–water partition coefficient (Wildman–Crippen LogP) is 5.46. The molecule has 1 saturated carbocycles. The number of fused-ring (bicyclic) bond motifs is 5. The number of nitrogens with zero attached hydrogens (tertiary/aromatic N) is 6. The number of carbonyl (C=O) groups is 1. The van der Waals surface area contributed by atoms with Crippen molar-refractivity contribution in [1.29, 1.82) is 5.26 Å². The second-order valence-corrected chi connectivity index (χ2v) is 13.6. The van der Waals surface area contributed by atoms with Crippen LogP contribution in [0, 0.1) is 23.1 Å². The first-order chi connectivity index (χ1) is 22.3. The van der Waals surface area contributed by atoms with E-state index in [9.17, 15) is 18.8 Å². The van der Waals surface area contributed by atoms with Gasteiger partial charge in [0.1, 0.15) is 24.1 Å². The summed E-state index contributed by atoms with van der Waals surface area (Å²) in [5.41, 5.74) is 3.54. The molecule has 0 bridgehead atoms. The van der Waals surface area contributed by atoms with Crippen molar-refractivity contribution in [2.24, 2.45) is 5.92 Å². The fraction of sp³-hybridized carbons (Fsp3) is 0.486. The lowest BCUT2D eigenvalue weighted by atomic mass is 9.93. The zero-order valence-corrected chi connectivity index (χ0v) is 25.5. The van der Waals surface area contributed by atoms with E-state index in [-0.39, 0.29) is 44.2 Å². The van der Waals surface area contributed by atoms with Crippen molar-refractivity contribution in [3.05, 3.63) is 59.7 Å². The highest BCUT2D eigenvalue weighted by Crippen LogP contribution is 2.59. The quantitative estimate of drug-likeness (QED) is 0.321. The number of amides is 1. The third-order valence-corrected chi connectivity index (χ3v) is 10.9. The highest BCUT2D eigenvalue weighted by Gasteiger charge is 2.50. The van der Waals surface area contributed by atoms with Gasteiger partial charge in [0.15, 0.2) is 11.6 Å². The number of benzene rings is 2. The van der Waals surface area contributed by atoms with Crippen LogP contribution in [0.25, 0.3) is 22.0 Å². The maximum absolute atomic E-state index is 16.8. The van der Waals surface area contributed by atoms with E-state index >= 15 is 4.39 Å². The summed E-state index contributed by atoms with van der Waals surface area (Å²) < 4.78 is 51.4. The average Bonchev–Trinajstić information content (AvgIpc) is 3.37. The molecule has 5 atom stereocenters. The minimum Gasteiger partial charge on any atom is -0.461 e. The Balaban J connectivity index is 1.20. The Labute approximate surface area is 265 Å². The van der Waals surface area contributed by atoms with Gasteiger partial charge in [-0.15, -0.1) is 0 Å². The van der Waals surface area contributed by atoms with Gasteiger partial charge in [-0.25, -0.2) is 13.2 Å². The van der Waals surface area contributed by atoms with Crippen molar-refractivity contribution < 1.29 is 22.7 Å². The van der Waals surface area contributed by atoms with Gasteiger partial charge in [0.25, 0.3) is 5.91 Å². The molecule has 3 aromatic rings. The Morgan fingerprint density at radius 2 is 2.02 bits per heavy atom. The maximum Gasteiger partial charge on any atom is 0.319 e. The van der Waals surface area contributed by atoms with Gasteiger partial charge >= 0.3 is 6.01 Å². The molecule has 4 heterocycles. The zero-order valence-electron chi connectivity index (χ0n) is 25.5. The van der Waals surface area contributed by atoms with Crippen molar-refractivity contribution in [2.45, 2.75) is 62.2 Å². The van der Waals surface area contributed by atoms with E-state index in [1.165, 1.54) is 16.0 Å². The first-order valence-corrected chi connectivity index (χ1v) is 16.2. The molecule has 8 nitrogen and oxygen atoms in total. The SMILES string of the molecule is C=C(F)C(=O)N1CCN(c2nc(OC[C@@]34CCCN3C[C@H](F)C4)nc3c(F)c(-c4cccc5c4C4CC4C5)ccc23)C[C@@H]1CC#N. The van der Waals surface area contributed by atoms with Crippen LogP contribution in [0.3, 0.4) is 0 Å². The summed E-state index contributed by atoms with van der Waals surface area (Å²) in [5, 5.41) is 9.98. The van der Waals surface area contributed by atoms with Gasteiger partial charge < -0.3 is 14.5 Å². The summed E-state index contributed by atoms with van der Waals surface area (Å²) >= 11 is 0. The highest BCUT2D eigenvalue weighted by atomic mass is 19.1. The zero-order chi connectivity index (χ0) is 31.7. The highest BCUT2D eigenvalue weighted by molar-refractivity contribution is 5.95. The number of nitriles is 1. The molecule has 8 rings (SSSR count). The number of hydrogen-bond donors (Lipinski definition) is 0. The van der Waals surface area contributed by atoms with Gasteiger partial charge in [-0.2, -0.15) is 15.2 Å². The third-order valence-electron chi connectivity index (χ3n) is 10.9. The van der Waals surface area contributed by atoms with Crippen LogP contribution in [-0.4, -0.2) is 82.8 Å². The number of alkyl halides is 1. The summed E-state index contributed by atoms with van der Waals surface area (Å²) in [7, 11) is 0. The molecule has 1 amide bonds. The van der Waals surface area contributed by atoms with Crippen LogP contribution in [0.4, 0.5) is 19.0 Å². The van der Waals surface area contributed by atoms with Crippen LogP contribution in [0.15, 0.2) is 42.7 Å². The molecule has 0 radical (unpaired) electrons. The number of ether oxygens (including phenoxy) is 1. The number of hydrogen-bond acceptors (Lipinski definition) is 7. The number of aromatic nitrogens is 2. The molecule has 0 spiro atoms. The molecule has 4 fully saturated rings. The molecule has 2 aromatic carbocycles. The first-order valence-electron chi connectivity index (χ1n) is 16.2. The molecule has 3 aliphatic heterocycles. The number of piperazine rings is 1. The topological polar surface area (TPSA) is 85.6 Å². The Bertz CT molecular complexity index is 1810. The summed E-state index contributed by atoms with van der Waals surface area (Å²) in [6, 6.07) is 11.2. The summed E-state index contributed by atoms with van der Waals surface area (Å²) in [4.78, 5) is 27.3. The average molecular weight is 629 g/mol. The van der Waals surface area contributed by atoms with Crippen LogP contribution in [0.5, 0.6) is 6.01 Å². The minimum absolute atomic E-state index is 0.00453. The summed E-state index contributed by atoms with van der Waals surface area (Å²) in [5.74, 6) is -0.868. The number of halogens is 3. The molecular weight excluding hydrogens is 593 g/mol. The van der Waals surface area contributed by atoms with Gasteiger partial charge in [0.2, 0.25) is 0 Å². The van der Waals surface area contributed by atoms with Crippen molar-refractivity contribution in [3.8, 4) is 23.2 Å². The molecular formula is C35H35F3N6O2. The lowest BCUT2D eigenvalue weighted by Gasteiger charge is -2.41. The van der Waals surface area contributed by atoms with Gasteiger partial charge in [-0.3, -0.25) is 9.69 Å². The molecule has 1 aromatic heterocycles. The Morgan fingerprint density at radius 1 is 1.15 bits per heavy atom. The Hall–Kier alpha value is -4.17. The molecule has 0 N–H and O–H groups in total. The standard InChI is InChI=1S/C35H35F3N6O2/c1-20(36)33(45)44-13-12-42(18-24(44)8-10-39)32-27-7-6-26(25-5-2-4-21-14-22-15-28(22)29(21)25)30(38)31(27)40-34(41-32)46-19-35-9-3-11-43(35)17-23(37)16-35/h2,4-7,22-24,28H,1,3,8-9,11-19H2/t22?,23-,24+,28?,35+/m1/s1. The lowest BCUT2D eigenvalue weighted by Crippen LogP contribution is -2.55. The van der Waals surface area contributed by atoms with E-state index in [0.717, 1.165) is 37.8 Å². The van der Waals surface area contributed by atoms with Gasteiger partial charge in [0.05, 0.1) is 24.1 Å². The van der Waals surface area contributed by atoms with Gasteiger partial charge in [-0.05, 0) is 66.8 Å². The van der Waals surface area contributed by atoms with Crippen molar-refractivity contribution in [3.63, 3.8) is 0 Å². The normalized spacial score (nSPS) is 28.1. The third kappa shape index (κ3) is 4.72. The first kappa shape index (κ1) is 29.2. The molecule has 2 unspecified atom stereocenters. The van der Waals surface area contributed by atoms with Crippen molar-refractivity contribution >= 4 is 22.6 Å². The van der Waals surface area contributed by atoms with E-state index in [2.05, 4.69) is 28.6 Å². The molecule has 46 heavy (non-hydrogen) atoms. The van der Waals surface area contributed by atoms with Crippen LogP contribution in [0.1, 0.15) is 49.1 Å². The number of rotatable bonds is 7. The second-order valence-electron chi connectivity index (χ2n) is 13.6. The van der Waals surface area contributed by atoms with Gasteiger partial charge in [0, 0.05) is 43.5 Å². The summed E-state index contributed by atoms with van der Waals surface area (Å²) in [6.45, 7) is 5.10. The van der Waals surface area contributed by atoms with Crippen LogP contribution < -0.4 is 9.64 Å². The smallest absolute Gasteiger partial charge is 0.319 e.